The van der Waals surface area contributed by atoms with Crippen molar-refractivity contribution in [2.75, 3.05) is 5.32 Å². The number of nitrogens with one attached hydrogen (secondary N) is 2. The standard InChI is InChI=1S/C17H16ClF3N2S/c1-10-5-3-4-6-13(10)11(2)22-16(24)23-12-7-8-15(18)14(9-12)17(19,20)21/h3-9,11H,1-2H3,(H2,22,23,24). The van der Waals surface area contributed by atoms with Crippen molar-refractivity contribution >= 4 is 34.6 Å². The molecular formula is C17H16ClF3N2S. The van der Waals surface area contributed by atoms with Crippen molar-refractivity contribution in [2.45, 2.75) is 26.1 Å². The summed E-state index contributed by atoms with van der Waals surface area (Å²) in [6, 6.07) is 11.3. The van der Waals surface area contributed by atoms with E-state index in [1.165, 1.54) is 12.1 Å². The highest BCUT2D eigenvalue weighted by molar-refractivity contribution is 7.80. The maximum absolute atomic E-state index is 12.9. The zero-order valence-corrected chi connectivity index (χ0v) is 14.6. The van der Waals surface area contributed by atoms with Crippen LogP contribution in [-0.2, 0) is 6.18 Å². The largest absolute Gasteiger partial charge is 0.417 e. The Bertz CT molecular complexity index is 747. The Morgan fingerprint density at radius 3 is 2.46 bits per heavy atom. The van der Waals surface area contributed by atoms with Crippen LogP contribution in [-0.4, -0.2) is 5.11 Å². The lowest BCUT2D eigenvalue weighted by Gasteiger charge is -2.19. The predicted octanol–water partition coefficient (Wildman–Crippen LogP) is 5.71. The van der Waals surface area contributed by atoms with Crippen LogP contribution in [0.5, 0.6) is 0 Å². The first-order chi connectivity index (χ1) is 11.2. The van der Waals surface area contributed by atoms with Gasteiger partial charge >= 0.3 is 6.18 Å². The average Bonchev–Trinajstić information content (AvgIpc) is 2.48. The van der Waals surface area contributed by atoms with E-state index in [0.717, 1.165) is 17.2 Å². The van der Waals surface area contributed by atoms with Gasteiger partial charge in [-0.3, -0.25) is 0 Å². The molecule has 2 aromatic carbocycles. The van der Waals surface area contributed by atoms with Gasteiger partial charge < -0.3 is 10.6 Å². The van der Waals surface area contributed by atoms with E-state index in [-0.39, 0.29) is 21.9 Å². The van der Waals surface area contributed by atoms with E-state index in [4.69, 9.17) is 23.8 Å². The highest BCUT2D eigenvalue weighted by Gasteiger charge is 2.33. The molecule has 24 heavy (non-hydrogen) atoms. The molecule has 0 radical (unpaired) electrons. The Kier molecular flexibility index (Phi) is 5.72. The summed E-state index contributed by atoms with van der Waals surface area (Å²) in [5.74, 6) is 0. The first kappa shape index (κ1) is 18.5. The summed E-state index contributed by atoms with van der Waals surface area (Å²) in [5.41, 5.74) is 1.49. The normalized spacial score (nSPS) is 12.6. The van der Waals surface area contributed by atoms with Crippen LogP contribution in [0.3, 0.4) is 0 Å². The summed E-state index contributed by atoms with van der Waals surface area (Å²) < 4.78 is 38.6. The smallest absolute Gasteiger partial charge is 0.356 e. The third-order valence-electron chi connectivity index (χ3n) is 3.53. The number of benzene rings is 2. The van der Waals surface area contributed by atoms with Crippen LogP contribution in [0.2, 0.25) is 5.02 Å². The highest BCUT2D eigenvalue weighted by atomic mass is 35.5. The van der Waals surface area contributed by atoms with Crippen LogP contribution in [0.1, 0.15) is 29.7 Å². The Balaban J connectivity index is 2.09. The summed E-state index contributed by atoms with van der Waals surface area (Å²) >= 11 is 10.8. The van der Waals surface area contributed by atoms with Gasteiger partial charge in [-0.25, -0.2) is 0 Å². The van der Waals surface area contributed by atoms with E-state index < -0.39 is 11.7 Å². The van der Waals surface area contributed by atoms with E-state index in [1.807, 2.05) is 38.1 Å². The van der Waals surface area contributed by atoms with Crippen molar-refractivity contribution in [3.05, 3.63) is 64.2 Å². The second-order valence-corrected chi connectivity index (χ2v) is 6.18. The summed E-state index contributed by atoms with van der Waals surface area (Å²) in [6.45, 7) is 3.91. The third-order valence-corrected chi connectivity index (χ3v) is 4.08. The molecule has 0 amide bonds. The quantitative estimate of drug-likeness (QED) is 0.674. The lowest BCUT2D eigenvalue weighted by Crippen LogP contribution is -2.31. The van der Waals surface area contributed by atoms with Crippen molar-refractivity contribution in [1.29, 1.82) is 0 Å². The van der Waals surface area contributed by atoms with Crippen molar-refractivity contribution < 1.29 is 13.2 Å². The number of halogens is 4. The molecule has 0 aromatic heterocycles. The fourth-order valence-electron chi connectivity index (χ4n) is 2.33. The van der Waals surface area contributed by atoms with Gasteiger partial charge in [0.15, 0.2) is 5.11 Å². The van der Waals surface area contributed by atoms with Gasteiger partial charge in [-0.2, -0.15) is 13.2 Å². The molecule has 0 spiro atoms. The van der Waals surface area contributed by atoms with Gasteiger partial charge in [-0.05, 0) is 55.4 Å². The lowest BCUT2D eigenvalue weighted by molar-refractivity contribution is -0.137. The molecule has 1 unspecified atom stereocenters. The van der Waals surface area contributed by atoms with Crippen LogP contribution >= 0.6 is 23.8 Å². The van der Waals surface area contributed by atoms with E-state index in [9.17, 15) is 13.2 Å². The van der Waals surface area contributed by atoms with E-state index in [0.29, 0.717) is 0 Å². The number of aryl methyl sites for hydroxylation is 1. The first-order valence-electron chi connectivity index (χ1n) is 7.18. The Morgan fingerprint density at radius 1 is 1.17 bits per heavy atom. The lowest BCUT2D eigenvalue weighted by atomic mass is 10.0. The van der Waals surface area contributed by atoms with E-state index >= 15 is 0 Å². The van der Waals surface area contributed by atoms with Gasteiger partial charge in [0.1, 0.15) is 0 Å². The molecule has 0 aliphatic carbocycles. The molecule has 2 aromatic rings. The molecule has 0 aliphatic rings. The molecule has 2 nitrogen and oxygen atoms in total. The first-order valence-corrected chi connectivity index (χ1v) is 7.97. The predicted molar refractivity (Wildman–Crippen MR) is 95.4 cm³/mol. The minimum Gasteiger partial charge on any atom is -0.356 e. The molecule has 0 bridgehead atoms. The molecule has 7 heteroatoms. The topological polar surface area (TPSA) is 24.1 Å². The molecule has 2 N–H and O–H groups in total. The van der Waals surface area contributed by atoms with Crippen molar-refractivity contribution in [3.63, 3.8) is 0 Å². The molecule has 1 atom stereocenters. The highest BCUT2D eigenvalue weighted by Crippen LogP contribution is 2.36. The number of alkyl halides is 3. The molecular weight excluding hydrogens is 357 g/mol. The molecule has 0 aliphatic heterocycles. The Labute approximate surface area is 149 Å². The van der Waals surface area contributed by atoms with Crippen LogP contribution in [0, 0.1) is 6.92 Å². The van der Waals surface area contributed by atoms with Crippen molar-refractivity contribution in [3.8, 4) is 0 Å². The van der Waals surface area contributed by atoms with Gasteiger partial charge in [-0.1, -0.05) is 35.9 Å². The number of rotatable bonds is 3. The maximum atomic E-state index is 12.9. The Morgan fingerprint density at radius 2 is 1.83 bits per heavy atom. The number of anilines is 1. The van der Waals surface area contributed by atoms with Crippen LogP contribution in [0.15, 0.2) is 42.5 Å². The van der Waals surface area contributed by atoms with Crippen LogP contribution in [0.4, 0.5) is 18.9 Å². The van der Waals surface area contributed by atoms with Gasteiger partial charge in [0.05, 0.1) is 16.6 Å². The van der Waals surface area contributed by atoms with E-state index in [1.54, 1.807) is 0 Å². The van der Waals surface area contributed by atoms with Crippen LogP contribution in [0.25, 0.3) is 0 Å². The minimum atomic E-state index is -4.52. The SMILES string of the molecule is Cc1ccccc1C(C)NC(=S)Nc1ccc(Cl)c(C(F)(F)F)c1. The van der Waals surface area contributed by atoms with Gasteiger partial charge in [0.25, 0.3) is 0 Å². The third kappa shape index (κ3) is 4.61. The molecule has 2 rings (SSSR count). The van der Waals surface area contributed by atoms with Gasteiger partial charge in [-0.15, -0.1) is 0 Å². The Hall–Kier alpha value is -1.79. The maximum Gasteiger partial charge on any atom is 0.417 e. The van der Waals surface area contributed by atoms with Crippen molar-refractivity contribution in [1.82, 2.24) is 5.32 Å². The monoisotopic (exact) mass is 372 g/mol. The molecule has 128 valence electrons. The molecule has 0 saturated carbocycles. The second kappa shape index (κ2) is 7.40. The summed E-state index contributed by atoms with van der Waals surface area (Å²) in [6.07, 6.45) is -4.52. The molecule has 0 fully saturated rings. The fraction of sp³-hybridized carbons (Fsp3) is 0.235. The van der Waals surface area contributed by atoms with Crippen molar-refractivity contribution in [2.24, 2.45) is 0 Å². The average molecular weight is 373 g/mol. The summed E-state index contributed by atoms with van der Waals surface area (Å²) in [5, 5.41) is 5.72. The number of hydrogen-bond donors (Lipinski definition) is 2. The zero-order chi connectivity index (χ0) is 17.9. The van der Waals surface area contributed by atoms with E-state index in [2.05, 4.69) is 10.6 Å². The minimum absolute atomic E-state index is 0.0828. The molecule has 0 saturated heterocycles. The summed E-state index contributed by atoms with van der Waals surface area (Å²) in [7, 11) is 0. The number of thiocarbonyl (C=S) groups is 1. The second-order valence-electron chi connectivity index (χ2n) is 5.37. The van der Waals surface area contributed by atoms with Gasteiger partial charge in [0, 0.05) is 5.69 Å². The zero-order valence-electron chi connectivity index (χ0n) is 13.0. The molecule has 0 heterocycles. The van der Waals surface area contributed by atoms with Crippen LogP contribution < -0.4 is 10.6 Å². The fourth-order valence-corrected chi connectivity index (χ4v) is 2.85. The number of hydrogen-bond acceptors (Lipinski definition) is 1. The van der Waals surface area contributed by atoms with Gasteiger partial charge in [0.2, 0.25) is 0 Å². The summed E-state index contributed by atoms with van der Waals surface area (Å²) in [4.78, 5) is 0.